The number of carbonyl (C=O) groups is 4. The SMILES string of the molecule is C=C(COC)C(=O)Oc1ccc(-c2ccc(-c3ccc(OC(=O)C(=C)COC)c(OC(=O)C(=C)COC)c3)c(OC)c2)cc1OC(=O)C(=C)COC. The van der Waals surface area contributed by atoms with E-state index in [-0.39, 0.29) is 71.7 Å². The van der Waals surface area contributed by atoms with Crippen LogP contribution in [0.1, 0.15) is 0 Å². The van der Waals surface area contributed by atoms with E-state index in [2.05, 4.69) is 26.3 Å². The molecule has 13 heteroatoms. The molecule has 52 heavy (non-hydrogen) atoms. The molecular formula is C39H40O13. The van der Waals surface area contributed by atoms with Crippen LogP contribution in [0.5, 0.6) is 28.7 Å². The highest BCUT2D eigenvalue weighted by molar-refractivity contribution is 5.94. The molecule has 0 heterocycles. The lowest BCUT2D eigenvalue weighted by Gasteiger charge is -2.16. The van der Waals surface area contributed by atoms with Crippen LogP contribution in [0, 0.1) is 0 Å². The molecule has 0 saturated heterocycles. The van der Waals surface area contributed by atoms with Gasteiger partial charge in [-0.15, -0.1) is 0 Å². The van der Waals surface area contributed by atoms with E-state index in [1.807, 2.05) is 0 Å². The molecule has 0 atom stereocenters. The monoisotopic (exact) mass is 716 g/mol. The summed E-state index contributed by atoms with van der Waals surface area (Å²) < 4.78 is 47.7. The van der Waals surface area contributed by atoms with Crippen LogP contribution in [0.15, 0.2) is 103 Å². The lowest BCUT2D eigenvalue weighted by molar-refractivity contribution is -0.133. The van der Waals surface area contributed by atoms with E-state index in [0.29, 0.717) is 28.0 Å². The largest absolute Gasteiger partial charge is 0.496 e. The van der Waals surface area contributed by atoms with E-state index in [1.165, 1.54) is 59.8 Å². The fourth-order valence-electron chi connectivity index (χ4n) is 4.42. The summed E-state index contributed by atoms with van der Waals surface area (Å²) in [5, 5.41) is 0. The maximum atomic E-state index is 12.8. The van der Waals surface area contributed by atoms with E-state index >= 15 is 0 Å². The zero-order valence-corrected chi connectivity index (χ0v) is 29.7. The Labute approximate surface area is 301 Å². The smallest absolute Gasteiger partial charge is 0.341 e. The summed E-state index contributed by atoms with van der Waals surface area (Å²) in [6.07, 6.45) is 0. The molecule has 0 aliphatic carbocycles. The van der Waals surface area contributed by atoms with E-state index in [9.17, 15) is 19.2 Å². The van der Waals surface area contributed by atoms with Crippen molar-refractivity contribution in [2.24, 2.45) is 0 Å². The number of ether oxygens (including phenoxy) is 9. The predicted molar refractivity (Wildman–Crippen MR) is 190 cm³/mol. The third-order valence-corrected chi connectivity index (χ3v) is 6.97. The molecule has 3 aromatic rings. The fourth-order valence-corrected chi connectivity index (χ4v) is 4.42. The third-order valence-electron chi connectivity index (χ3n) is 6.97. The fraction of sp³-hybridized carbons (Fsp3) is 0.231. The molecule has 274 valence electrons. The molecule has 0 bridgehead atoms. The first kappa shape index (κ1) is 40.6. The first-order chi connectivity index (χ1) is 24.9. The van der Waals surface area contributed by atoms with Gasteiger partial charge in [0.2, 0.25) is 0 Å². The van der Waals surface area contributed by atoms with Gasteiger partial charge in [-0.1, -0.05) is 50.6 Å². The van der Waals surface area contributed by atoms with Crippen LogP contribution >= 0.6 is 0 Å². The zero-order chi connectivity index (χ0) is 38.4. The van der Waals surface area contributed by atoms with Crippen molar-refractivity contribution in [3.05, 3.63) is 103 Å². The number of methoxy groups -OCH3 is 5. The maximum Gasteiger partial charge on any atom is 0.341 e. The van der Waals surface area contributed by atoms with Gasteiger partial charge < -0.3 is 42.6 Å². The van der Waals surface area contributed by atoms with Crippen LogP contribution in [0.4, 0.5) is 0 Å². The first-order valence-corrected chi connectivity index (χ1v) is 15.4. The van der Waals surface area contributed by atoms with Crippen molar-refractivity contribution in [2.75, 3.05) is 62.0 Å². The Morgan fingerprint density at radius 2 is 0.731 bits per heavy atom. The second kappa shape index (κ2) is 19.5. The molecule has 0 amide bonds. The summed E-state index contributed by atoms with van der Waals surface area (Å²) in [4.78, 5) is 50.7. The quantitative estimate of drug-likeness (QED) is 0.0878. The highest BCUT2D eigenvalue weighted by Crippen LogP contribution is 2.40. The molecule has 3 rings (SSSR count). The van der Waals surface area contributed by atoms with Gasteiger partial charge in [0.15, 0.2) is 23.0 Å². The highest BCUT2D eigenvalue weighted by atomic mass is 16.6. The third kappa shape index (κ3) is 10.8. The summed E-state index contributed by atoms with van der Waals surface area (Å²) in [6, 6.07) is 14.5. The van der Waals surface area contributed by atoms with Crippen LogP contribution in [0.2, 0.25) is 0 Å². The van der Waals surface area contributed by atoms with Gasteiger partial charge in [0.1, 0.15) is 5.75 Å². The van der Waals surface area contributed by atoms with Gasteiger partial charge in [0.05, 0.1) is 55.8 Å². The van der Waals surface area contributed by atoms with Crippen LogP contribution in [-0.2, 0) is 38.1 Å². The van der Waals surface area contributed by atoms with Crippen LogP contribution < -0.4 is 23.7 Å². The summed E-state index contributed by atoms with van der Waals surface area (Å²) >= 11 is 0. The van der Waals surface area contributed by atoms with Crippen molar-refractivity contribution < 1.29 is 61.8 Å². The van der Waals surface area contributed by atoms with Crippen LogP contribution in [0.3, 0.4) is 0 Å². The van der Waals surface area contributed by atoms with Gasteiger partial charge in [-0.25, -0.2) is 19.2 Å². The number of hydrogen-bond acceptors (Lipinski definition) is 13. The second-order valence-electron chi connectivity index (χ2n) is 10.9. The van der Waals surface area contributed by atoms with Gasteiger partial charge in [0.25, 0.3) is 0 Å². The molecule has 0 aromatic heterocycles. The van der Waals surface area contributed by atoms with Gasteiger partial charge in [-0.2, -0.15) is 0 Å². The normalized spacial score (nSPS) is 10.5. The van der Waals surface area contributed by atoms with Crippen molar-refractivity contribution in [2.45, 2.75) is 0 Å². The van der Waals surface area contributed by atoms with Crippen molar-refractivity contribution >= 4 is 23.9 Å². The molecule has 0 aliphatic heterocycles. The number of carbonyl (C=O) groups excluding carboxylic acids is 4. The molecule has 0 aliphatic rings. The molecule has 0 spiro atoms. The Morgan fingerprint density at radius 3 is 1.10 bits per heavy atom. The Balaban J connectivity index is 2.06. The number of rotatable bonds is 19. The lowest BCUT2D eigenvalue weighted by Crippen LogP contribution is -2.17. The predicted octanol–water partition coefficient (Wildman–Crippen LogP) is 5.46. The summed E-state index contributed by atoms with van der Waals surface area (Å²) in [7, 11) is 7.10. The van der Waals surface area contributed by atoms with Crippen LogP contribution in [-0.4, -0.2) is 85.9 Å². The summed E-state index contributed by atoms with van der Waals surface area (Å²) in [6.45, 7) is 14.4. The number of benzene rings is 3. The Bertz CT molecular complexity index is 1870. The average molecular weight is 717 g/mol. The molecule has 0 unspecified atom stereocenters. The van der Waals surface area contributed by atoms with E-state index in [0.717, 1.165) is 0 Å². The van der Waals surface area contributed by atoms with E-state index in [1.54, 1.807) is 30.3 Å². The summed E-state index contributed by atoms with van der Waals surface area (Å²) in [5.74, 6) is -2.99. The van der Waals surface area contributed by atoms with Gasteiger partial charge in [-0.3, -0.25) is 0 Å². The van der Waals surface area contributed by atoms with E-state index in [4.69, 9.17) is 42.6 Å². The molecule has 0 radical (unpaired) electrons. The number of hydrogen-bond donors (Lipinski definition) is 0. The summed E-state index contributed by atoms with van der Waals surface area (Å²) in [5.41, 5.74) is 2.46. The standard InChI is InChI=1S/C39H40O13/c1-23(19-44-5)36(40)49-31-14-11-28(17-34(31)51-38(42)25(3)21-46-7)27-10-13-30(33(16-27)48-9)29-12-15-32(50-37(41)24(2)20-45-6)35(18-29)52-39(43)26(4)22-47-8/h10-18H,1-4,19-22H2,5-9H3. The molecule has 0 fully saturated rings. The maximum absolute atomic E-state index is 12.8. The molecule has 0 saturated carbocycles. The van der Waals surface area contributed by atoms with Gasteiger partial charge in [-0.05, 0) is 47.0 Å². The van der Waals surface area contributed by atoms with Gasteiger partial charge >= 0.3 is 23.9 Å². The van der Waals surface area contributed by atoms with Crippen molar-refractivity contribution in [3.63, 3.8) is 0 Å². The van der Waals surface area contributed by atoms with Crippen molar-refractivity contribution in [1.82, 2.24) is 0 Å². The Hall–Kier alpha value is -5.86. The topological polar surface area (TPSA) is 151 Å². The Kier molecular flexibility index (Phi) is 15.2. The van der Waals surface area contributed by atoms with E-state index < -0.39 is 23.9 Å². The Morgan fingerprint density at radius 1 is 0.423 bits per heavy atom. The molecule has 0 N–H and O–H groups in total. The average Bonchev–Trinajstić information content (AvgIpc) is 3.12. The highest BCUT2D eigenvalue weighted by Gasteiger charge is 2.22. The minimum Gasteiger partial charge on any atom is -0.496 e. The molecule has 3 aromatic carbocycles. The van der Waals surface area contributed by atoms with Gasteiger partial charge in [0, 0.05) is 34.0 Å². The second-order valence-corrected chi connectivity index (χ2v) is 10.9. The zero-order valence-electron chi connectivity index (χ0n) is 29.7. The van der Waals surface area contributed by atoms with Crippen molar-refractivity contribution in [3.8, 4) is 51.0 Å². The van der Waals surface area contributed by atoms with Crippen molar-refractivity contribution in [1.29, 1.82) is 0 Å². The minimum atomic E-state index is -0.797. The minimum absolute atomic E-state index is 0.0321. The lowest BCUT2D eigenvalue weighted by atomic mass is 9.98. The first-order valence-electron chi connectivity index (χ1n) is 15.4. The number of esters is 4. The molecule has 13 nitrogen and oxygen atoms in total. The van der Waals surface area contributed by atoms with Crippen LogP contribution in [0.25, 0.3) is 22.3 Å². The molecular weight excluding hydrogens is 676 g/mol.